The van der Waals surface area contributed by atoms with E-state index in [1.807, 2.05) is 74.0 Å². The maximum atomic E-state index is 12.1. The van der Waals surface area contributed by atoms with E-state index >= 15 is 0 Å². The van der Waals surface area contributed by atoms with Gasteiger partial charge in [0.2, 0.25) is 0 Å². The predicted octanol–water partition coefficient (Wildman–Crippen LogP) is 4.19. The van der Waals surface area contributed by atoms with Gasteiger partial charge in [0, 0.05) is 17.1 Å². The number of rotatable bonds is 6. The Labute approximate surface area is 176 Å². The van der Waals surface area contributed by atoms with Crippen LogP contribution >= 0.6 is 27.7 Å². The minimum atomic E-state index is -0.191. The quantitative estimate of drug-likeness (QED) is 0.342. The standard InChI is InChI=1S/C20H20BrN5OS/c1-13-7-9-15(10-8-13)14(2)22-23-18(27)12-28-20-25-24-19(26(20)3)16-5-4-6-17(21)11-16/h4-11H,12H2,1-3H3,(H,23,27)/b22-14-. The molecule has 0 bridgehead atoms. The van der Waals surface area contributed by atoms with E-state index in [0.717, 1.165) is 27.1 Å². The number of aromatic nitrogens is 3. The molecule has 6 nitrogen and oxygen atoms in total. The minimum Gasteiger partial charge on any atom is -0.305 e. The third-order valence-corrected chi connectivity index (χ3v) is 5.58. The fraction of sp³-hybridized carbons (Fsp3) is 0.200. The Balaban J connectivity index is 1.59. The molecule has 1 N–H and O–H groups in total. The number of halogens is 1. The second-order valence-electron chi connectivity index (χ2n) is 6.26. The summed E-state index contributed by atoms with van der Waals surface area (Å²) in [6.07, 6.45) is 0. The lowest BCUT2D eigenvalue weighted by Crippen LogP contribution is -2.21. The average Bonchev–Trinajstić information content (AvgIpc) is 3.05. The molecule has 28 heavy (non-hydrogen) atoms. The normalized spacial score (nSPS) is 11.5. The Morgan fingerprint density at radius 3 is 2.68 bits per heavy atom. The van der Waals surface area contributed by atoms with Crippen molar-refractivity contribution in [3.05, 3.63) is 64.1 Å². The van der Waals surface area contributed by atoms with Crippen molar-refractivity contribution in [3.8, 4) is 11.4 Å². The number of amides is 1. The van der Waals surface area contributed by atoms with Crippen molar-refractivity contribution in [3.63, 3.8) is 0 Å². The molecule has 0 saturated heterocycles. The predicted molar refractivity (Wildman–Crippen MR) is 116 cm³/mol. The summed E-state index contributed by atoms with van der Waals surface area (Å²) in [5.41, 5.74) is 6.47. The van der Waals surface area contributed by atoms with Crippen LogP contribution in [0, 0.1) is 6.92 Å². The van der Waals surface area contributed by atoms with Crippen molar-refractivity contribution in [2.75, 3.05) is 5.75 Å². The van der Waals surface area contributed by atoms with E-state index in [2.05, 4.69) is 36.7 Å². The summed E-state index contributed by atoms with van der Waals surface area (Å²) in [6, 6.07) is 15.9. The molecule has 0 aliphatic carbocycles. The number of carbonyl (C=O) groups is 1. The number of hydrogen-bond acceptors (Lipinski definition) is 5. The molecular formula is C20H20BrN5OS. The summed E-state index contributed by atoms with van der Waals surface area (Å²) in [5.74, 6) is 0.760. The molecule has 3 rings (SSSR count). The van der Waals surface area contributed by atoms with Gasteiger partial charge in [-0.1, -0.05) is 69.7 Å². The van der Waals surface area contributed by atoms with Crippen molar-refractivity contribution in [2.45, 2.75) is 19.0 Å². The first-order valence-corrected chi connectivity index (χ1v) is 10.4. The fourth-order valence-corrected chi connectivity index (χ4v) is 3.59. The van der Waals surface area contributed by atoms with Crippen molar-refractivity contribution in [2.24, 2.45) is 12.1 Å². The lowest BCUT2D eigenvalue weighted by Gasteiger charge is -2.05. The van der Waals surface area contributed by atoms with Crippen LogP contribution in [-0.4, -0.2) is 32.1 Å². The van der Waals surface area contributed by atoms with Crippen molar-refractivity contribution in [1.82, 2.24) is 20.2 Å². The number of hydrogen-bond donors (Lipinski definition) is 1. The molecule has 0 fully saturated rings. The van der Waals surface area contributed by atoms with Gasteiger partial charge in [0.1, 0.15) is 0 Å². The van der Waals surface area contributed by atoms with Gasteiger partial charge in [-0.2, -0.15) is 5.10 Å². The molecule has 8 heteroatoms. The third kappa shape index (κ3) is 5.08. The van der Waals surface area contributed by atoms with Crippen LogP contribution in [0.15, 0.2) is 63.3 Å². The van der Waals surface area contributed by atoms with E-state index in [1.54, 1.807) is 0 Å². The van der Waals surface area contributed by atoms with E-state index in [1.165, 1.54) is 17.3 Å². The fourth-order valence-electron chi connectivity index (χ4n) is 2.49. The molecule has 0 unspecified atom stereocenters. The Hall–Kier alpha value is -2.45. The van der Waals surface area contributed by atoms with Gasteiger partial charge in [0.15, 0.2) is 11.0 Å². The van der Waals surface area contributed by atoms with Crippen LogP contribution in [0.2, 0.25) is 0 Å². The van der Waals surface area contributed by atoms with Crippen LogP contribution in [0.4, 0.5) is 0 Å². The molecule has 2 aromatic carbocycles. The Morgan fingerprint density at radius 1 is 1.21 bits per heavy atom. The second kappa shape index (κ2) is 9.16. The smallest absolute Gasteiger partial charge is 0.250 e. The van der Waals surface area contributed by atoms with Crippen molar-refractivity contribution < 1.29 is 4.79 Å². The molecule has 0 atom stereocenters. The van der Waals surface area contributed by atoms with Crippen LogP contribution < -0.4 is 5.43 Å². The summed E-state index contributed by atoms with van der Waals surface area (Å²) in [6.45, 7) is 3.90. The van der Waals surface area contributed by atoms with Gasteiger partial charge in [-0.3, -0.25) is 4.79 Å². The number of benzene rings is 2. The summed E-state index contributed by atoms with van der Waals surface area (Å²) < 4.78 is 2.85. The maximum absolute atomic E-state index is 12.1. The Kier molecular flexibility index (Phi) is 6.64. The highest BCUT2D eigenvalue weighted by Gasteiger charge is 2.13. The van der Waals surface area contributed by atoms with E-state index in [-0.39, 0.29) is 11.7 Å². The van der Waals surface area contributed by atoms with Crippen LogP contribution in [0.1, 0.15) is 18.1 Å². The van der Waals surface area contributed by atoms with Gasteiger partial charge in [-0.05, 0) is 31.5 Å². The molecular weight excluding hydrogens is 438 g/mol. The molecule has 1 aromatic heterocycles. The number of nitrogens with zero attached hydrogens (tertiary/aromatic N) is 4. The summed E-state index contributed by atoms with van der Waals surface area (Å²) in [4.78, 5) is 12.1. The topological polar surface area (TPSA) is 72.2 Å². The SMILES string of the molecule is C/C(=N/NC(=O)CSc1nnc(-c2cccc(Br)c2)n1C)c1ccc(C)cc1. The molecule has 0 saturated carbocycles. The molecule has 0 spiro atoms. The monoisotopic (exact) mass is 457 g/mol. The van der Waals surface area contributed by atoms with Crippen LogP contribution in [0.3, 0.4) is 0 Å². The van der Waals surface area contributed by atoms with E-state index in [0.29, 0.717) is 5.16 Å². The van der Waals surface area contributed by atoms with Gasteiger partial charge in [0.05, 0.1) is 11.5 Å². The largest absolute Gasteiger partial charge is 0.305 e. The highest BCUT2D eigenvalue weighted by molar-refractivity contribution is 9.10. The van der Waals surface area contributed by atoms with Crippen molar-refractivity contribution >= 4 is 39.3 Å². The van der Waals surface area contributed by atoms with Gasteiger partial charge >= 0.3 is 0 Å². The summed E-state index contributed by atoms with van der Waals surface area (Å²) in [7, 11) is 1.89. The lowest BCUT2D eigenvalue weighted by atomic mass is 10.1. The maximum Gasteiger partial charge on any atom is 0.250 e. The number of nitrogens with one attached hydrogen (secondary N) is 1. The summed E-state index contributed by atoms with van der Waals surface area (Å²) in [5, 5.41) is 13.3. The number of carbonyl (C=O) groups excluding carboxylic acids is 1. The van der Waals surface area contributed by atoms with E-state index < -0.39 is 0 Å². The lowest BCUT2D eigenvalue weighted by molar-refractivity contribution is -0.118. The highest BCUT2D eigenvalue weighted by atomic mass is 79.9. The molecule has 144 valence electrons. The molecule has 1 amide bonds. The molecule has 0 radical (unpaired) electrons. The molecule has 1 heterocycles. The van der Waals surface area contributed by atoms with Crippen LogP contribution in [0.5, 0.6) is 0 Å². The second-order valence-corrected chi connectivity index (χ2v) is 8.12. The number of aryl methyl sites for hydroxylation is 1. The van der Waals surface area contributed by atoms with Gasteiger partial charge in [-0.25, -0.2) is 5.43 Å². The zero-order valence-electron chi connectivity index (χ0n) is 15.8. The van der Waals surface area contributed by atoms with Crippen molar-refractivity contribution in [1.29, 1.82) is 0 Å². The van der Waals surface area contributed by atoms with E-state index in [4.69, 9.17) is 0 Å². The molecule has 3 aromatic rings. The molecule has 0 aliphatic heterocycles. The summed E-state index contributed by atoms with van der Waals surface area (Å²) >= 11 is 4.78. The van der Waals surface area contributed by atoms with Gasteiger partial charge in [0.25, 0.3) is 5.91 Å². The first-order valence-electron chi connectivity index (χ1n) is 8.62. The van der Waals surface area contributed by atoms with Gasteiger partial charge in [-0.15, -0.1) is 10.2 Å². The first-order chi connectivity index (χ1) is 13.4. The first kappa shape index (κ1) is 20.3. The van der Waals surface area contributed by atoms with Gasteiger partial charge < -0.3 is 4.57 Å². The Bertz CT molecular complexity index is 1010. The average molecular weight is 458 g/mol. The zero-order chi connectivity index (χ0) is 20.1. The van der Waals surface area contributed by atoms with Crippen LogP contribution in [-0.2, 0) is 11.8 Å². The number of thioether (sulfide) groups is 1. The van der Waals surface area contributed by atoms with Crippen LogP contribution in [0.25, 0.3) is 11.4 Å². The number of hydrazone groups is 1. The zero-order valence-corrected chi connectivity index (χ0v) is 18.2. The van der Waals surface area contributed by atoms with E-state index in [9.17, 15) is 4.79 Å². The Morgan fingerprint density at radius 2 is 1.96 bits per heavy atom. The highest BCUT2D eigenvalue weighted by Crippen LogP contribution is 2.24. The minimum absolute atomic E-state index is 0.191. The molecule has 0 aliphatic rings. The third-order valence-electron chi connectivity index (χ3n) is 4.07.